The Kier molecular flexibility index (Phi) is 3.26. The van der Waals surface area contributed by atoms with Gasteiger partial charge in [-0.05, 0) is 6.07 Å². The van der Waals surface area contributed by atoms with E-state index in [1.807, 2.05) is 0 Å². The normalized spacial score (nSPS) is 13.4. The molecule has 0 fully saturated rings. The number of nitrogens with one attached hydrogen (secondary N) is 1. The van der Waals surface area contributed by atoms with Gasteiger partial charge in [-0.25, -0.2) is 10.0 Å². The van der Waals surface area contributed by atoms with E-state index in [4.69, 9.17) is 14.9 Å². The Labute approximate surface area is 89.6 Å². The van der Waals surface area contributed by atoms with Crippen LogP contribution in [0.5, 0.6) is 0 Å². The summed E-state index contributed by atoms with van der Waals surface area (Å²) >= 11 is 0. The highest BCUT2D eigenvalue weighted by Gasteiger charge is 2.17. The van der Waals surface area contributed by atoms with Crippen LogP contribution in [0.2, 0.25) is 0 Å². The third kappa shape index (κ3) is 2.74. The van der Waals surface area contributed by atoms with Crippen molar-refractivity contribution in [3.8, 4) is 0 Å². The van der Waals surface area contributed by atoms with Crippen molar-refractivity contribution in [2.45, 2.75) is 4.90 Å². The molecule has 0 bridgehead atoms. The molecule has 8 nitrogen and oxygen atoms in total. The second-order valence-electron chi connectivity index (χ2n) is 2.83. The molecule has 1 aromatic carbocycles. The van der Waals surface area contributed by atoms with Gasteiger partial charge < -0.3 is 10.3 Å². The quantitative estimate of drug-likeness (QED) is 0.399. The molecule has 0 aromatic heterocycles. The first-order chi connectivity index (χ1) is 7.21. The Morgan fingerprint density at radius 1 is 1.31 bits per heavy atom. The van der Waals surface area contributed by atoms with Gasteiger partial charge in [0.2, 0.25) is 0 Å². The van der Waals surface area contributed by atoms with Crippen LogP contribution in [0.4, 0.5) is 5.69 Å². The van der Waals surface area contributed by atoms with E-state index < -0.39 is 37.5 Å². The number of aromatic carboxylic acids is 1. The average Bonchev–Trinajstić information content (AvgIpc) is 2.15. The SMILES string of the molecule is O=C(O)c1cc([NH+]([O-])O)cc(S(=O)(=O)O)c1. The fourth-order valence-electron chi connectivity index (χ4n) is 0.995. The predicted octanol–water partition coefficient (Wildman–Crippen LogP) is -0.965. The van der Waals surface area contributed by atoms with E-state index in [0.29, 0.717) is 12.1 Å². The maximum absolute atomic E-state index is 10.8. The second kappa shape index (κ2) is 4.15. The summed E-state index contributed by atoms with van der Waals surface area (Å²) in [5.74, 6) is -1.49. The first-order valence-electron chi connectivity index (χ1n) is 3.81. The standard InChI is InChI=1S/C7H7NO7S/c9-7(10)4-1-5(8(11)12)3-6(2-4)16(13,14)15/h1-3,8,11H,(H,9,10)(H,13,14,15). The second-order valence-corrected chi connectivity index (χ2v) is 4.25. The first-order valence-corrected chi connectivity index (χ1v) is 5.25. The molecule has 4 N–H and O–H groups in total. The number of hydrogen-bond donors (Lipinski definition) is 4. The summed E-state index contributed by atoms with van der Waals surface area (Å²) < 4.78 is 30.2. The average molecular weight is 249 g/mol. The molecular formula is C7H7NO7S. The Balaban J connectivity index is 3.48. The van der Waals surface area contributed by atoms with Crippen molar-refractivity contribution in [2.75, 3.05) is 0 Å². The van der Waals surface area contributed by atoms with Crippen LogP contribution >= 0.6 is 0 Å². The molecule has 0 aliphatic heterocycles. The summed E-state index contributed by atoms with van der Waals surface area (Å²) in [6.45, 7) is 0. The Morgan fingerprint density at radius 3 is 2.25 bits per heavy atom. The minimum absolute atomic E-state index is 0.535. The molecule has 0 saturated heterocycles. The minimum Gasteiger partial charge on any atom is -0.595 e. The molecule has 1 rings (SSSR count). The van der Waals surface area contributed by atoms with Gasteiger partial charge in [0.1, 0.15) is 4.90 Å². The smallest absolute Gasteiger partial charge is 0.335 e. The van der Waals surface area contributed by atoms with E-state index in [2.05, 4.69) is 0 Å². The van der Waals surface area contributed by atoms with Crippen LogP contribution < -0.4 is 5.23 Å². The van der Waals surface area contributed by atoms with Crippen LogP contribution in [0.1, 0.15) is 10.4 Å². The van der Waals surface area contributed by atoms with E-state index >= 15 is 0 Å². The lowest BCUT2D eigenvalue weighted by Crippen LogP contribution is -2.99. The Morgan fingerprint density at radius 2 is 1.88 bits per heavy atom. The van der Waals surface area contributed by atoms with E-state index in [-0.39, 0.29) is 0 Å². The van der Waals surface area contributed by atoms with Gasteiger partial charge in [-0.3, -0.25) is 4.55 Å². The summed E-state index contributed by atoms with van der Waals surface area (Å²) in [7, 11) is -4.64. The van der Waals surface area contributed by atoms with Gasteiger partial charge >= 0.3 is 5.97 Å². The molecule has 88 valence electrons. The van der Waals surface area contributed by atoms with Crippen molar-refractivity contribution in [1.82, 2.24) is 0 Å². The number of benzene rings is 1. The molecule has 0 spiro atoms. The topological polar surface area (TPSA) is 139 Å². The lowest BCUT2D eigenvalue weighted by molar-refractivity contribution is -0.991. The van der Waals surface area contributed by atoms with E-state index in [1.54, 1.807) is 0 Å². The van der Waals surface area contributed by atoms with Gasteiger partial charge in [-0.2, -0.15) is 13.6 Å². The molecule has 16 heavy (non-hydrogen) atoms. The van der Waals surface area contributed by atoms with Crippen molar-refractivity contribution < 1.29 is 33.3 Å². The van der Waals surface area contributed by atoms with Gasteiger partial charge in [0.05, 0.1) is 5.56 Å². The number of carboxylic acids is 1. The summed E-state index contributed by atoms with van der Waals surface area (Å²) in [6, 6.07) is 2.13. The fourth-order valence-corrected chi connectivity index (χ4v) is 1.55. The molecule has 9 heteroatoms. The molecule has 0 heterocycles. The van der Waals surface area contributed by atoms with Gasteiger partial charge in [0.25, 0.3) is 10.1 Å². The van der Waals surface area contributed by atoms with Crippen molar-refractivity contribution in [3.63, 3.8) is 0 Å². The molecule has 0 radical (unpaired) electrons. The Hall–Kier alpha value is -1.52. The molecule has 0 amide bonds. The van der Waals surface area contributed by atoms with Crippen molar-refractivity contribution in [1.29, 1.82) is 0 Å². The van der Waals surface area contributed by atoms with Crippen LogP contribution in [0, 0.1) is 5.21 Å². The first kappa shape index (κ1) is 12.5. The number of rotatable bonds is 3. The van der Waals surface area contributed by atoms with Crippen LogP contribution in [-0.4, -0.2) is 29.3 Å². The molecule has 0 aliphatic rings. The zero-order chi connectivity index (χ0) is 12.5. The maximum atomic E-state index is 10.8. The maximum Gasteiger partial charge on any atom is 0.335 e. The summed E-state index contributed by atoms with van der Waals surface area (Å²) in [6.07, 6.45) is 0. The van der Waals surface area contributed by atoms with Crippen LogP contribution in [-0.2, 0) is 10.1 Å². The van der Waals surface area contributed by atoms with Crippen molar-refractivity contribution in [2.24, 2.45) is 0 Å². The van der Waals surface area contributed by atoms with Crippen molar-refractivity contribution in [3.05, 3.63) is 29.0 Å². The monoisotopic (exact) mass is 249 g/mol. The zero-order valence-electron chi connectivity index (χ0n) is 7.61. The molecular weight excluding hydrogens is 242 g/mol. The fraction of sp³-hybridized carbons (Fsp3) is 0. The highest BCUT2D eigenvalue weighted by atomic mass is 32.2. The van der Waals surface area contributed by atoms with Gasteiger partial charge in [-0.1, -0.05) is 0 Å². The minimum atomic E-state index is -4.64. The van der Waals surface area contributed by atoms with E-state index in [1.165, 1.54) is 0 Å². The third-order valence-electron chi connectivity index (χ3n) is 1.70. The lowest BCUT2D eigenvalue weighted by atomic mass is 10.2. The molecule has 0 aliphatic carbocycles. The molecule has 1 atom stereocenters. The summed E-state index contributed by atoms with van der Waals surface area (Å²) in [5.41, 5.74) is -1.07. The number of hydrogen-bond acceptors (Lipinski definition) is 5. The summed E-state index contributed by atoms with van der Waals surface area (Å²) in [4.78, 5) is 9.81. The highest BCUT2D eigenvalue weighted by Crippen LogP contribution is 2.16. The third-order valence-corrected chi connectivity index (χ3v) is 2.53. The number of carboxylic acid groups (broad SMARTS) is 1. The largest absolute Gasteiger partial charge is 0.595 e. The number of carbonyl (C=O) groups is 1. The lowest BCUT2D eigenvalue weighted by Gasteiger charge is -2.12. The molecule has 0 saturated carbocycles. The summed E-state index contributed by atoms with van der Waals surface area (Å²) in [5, 5.41) is 26.3. The van der Waals surface area contributed by atoms with Gasteiger partial charge in [-0.15, -0.1) is 0 Å². The predicted molar refractivity (Wildman–Crippen MR) is 49.0 cm³/mol. The highest BCUT2D eigenvalue weighted by molar-refractivity contribution is 7.85. The zero-order valence-corrected chi connectivity index (χ0v) is 8.43. The van der Waals surface area contributed by atoms with E-state index in [0.717, 1.165) is 6.07 Å². The van der Waals surface area contributed by atoms with E-state index in [9.17, 15) is 18.4 Å². The number of quaternary nitrogens is 1. The van der Waals surface area contributed by atoms with Crippen LogP contribution in [0.3, 0.4) is 0 Å². The van der Waals surface area contributed by atoms with Crippen molar-refractivity contribution >= 4 is 21.8 Å². The molecule has 1 aromatic rings. The molecule has 1 unspecified atom stereocenters. The Bertz CT molecular complexity index is 522. The van der Waals surface area contributed by atoms with Crippen LogP contribution in [0.15, 0.2) is 23.1 Å². The van der Waals surface area contributed by atoms with Crippen LogP contribution in [0.25, 0.3) is 0 Å². The van der Waals surface area contributed by atoms with Gasteiger partial charge in [0.15, 0.2) is 5.69 Å². The van der Waals surface area contributed by atoms with Gasteiger partial charge in [0, 0.05) is 12.1 Å².